The Morgan fingerprint density at radius 1 is 1.06 bits per heavy atom. The zero-order valence-corrected chi connectivity index (χ0v) is 19.3. The summed E-state index contributed by atoms with van der Waals surface area (Å²) in [5.74, 6) is 2.80. The number of benzene rings is 2. The third kappa shape index (κ3) is 5.61. The van der Waals surface area contributed by atoms with Crippen LogP contribution in [0, 0.1) is 12.8 Å². The molecule has 1 saturated heterocycles. The molecule has 1 N–H and O–H groups in total. The van der Waals surface area contributed by atoms with Crippen molar-refractivity contribution in [3.63, 3.8) is 0 Å². The minimum atomic E-state index is -0.0595. The van der Waals surface area contributed by atoms with E-state index in [1.807, 2.05) is 62.4 Å². The fraction of sp³-hybridized carbons (Fsp3) is 0.346. The van der Waals surface area contributed by atoms with Gasteiger partial charge in [-0.1, -0.05) is 24.3 Å². The van der Waals surface area contributed by atoms with Crippen molar-refractivity contribution >= 4 is 11.7 Å². The van der Waals surface area contributed by atoms with E-state index in [0.29, 0.717) is 11.7 Å². The molecule has 172 valence electrons. The Morgan fingerprint density at radius 3 is 2.48 bits per heavy atom. The number of nitrogens with zero attached hydrogens (tertiary/aromatic N) is 3. The molecule has 7 nitrogen and oxygen atoms in total. The third-order valence-electron chi connectivity index (χ3n) is 5.99. The predicted molar refractivity (Wildman–Crippen MR) is 128 cm³/mol. The molecule has 1 amide bonds. The van der Waals surface area contributed by atoms with Gasteiger partial charge in [-0.05, 0) is 62.1 Å². The van der Waals surface area contributed by atoms with Crippen molar-refractivity contribution in [3.8, 4) is 17.4 Å². The van der Waals surface area contributed by atoms with E-state index in [1.54, 1.807) is 19.5 Å². The molecule has 0 saturated carbocycles. The van der Waals surface area contributed by atoms with Gasteiger partial charge in [0.05, 0.1) is 13.2 Å². The number of carbonyl (C=O) groups is 1. The molecule has 0 aliphatic carbocycles. The smallest absolute Gasteiger partial charge is 0.263 e. The number of hydrogen-bond acceptors (Lipinski definition) is 6. The summed E-state index contributed by atoms with van der Waals surface area (Å²) < 4.78 is 11.2. The topological polar surface area (TPSA) is 76.6 Å². The molecular weight excluding hydrogens is 416 g/mol. The number of methoxy groups -OCH3 is 1. The molecule has 2 aromatic carbocycles. The number of anilines is 1. The summed E-state index contributed by atoms with van der Waals surface area (Å²) in [6.45, 7) is 5.47. The van der Waals surface area contributed by atoms with E-state index < -0.39 is 0 Å². The van der Waals surface area contributed by atoms with Crippen LogP contribution in [-0.4, -0.2) is 36.1 Å². The summed E-state index contributed by atoms with van der Waals surface area (Å²) in [6.07, 6.45) is 4.81. The van der Waals surface area contributed by atoms with Crippen molar-refractivity contribution in [2.45, 2.75) is 32.7 Å². The van der Waals surface area contributed by atoms with E-state index in [-0.39, 0.29) is 17.9 Å². The van der Waals surface area contributed by atoms with Gasteiger partial charge in [-0.2, -0.15) is 0 Å². The Morgan fingerprint density at radius 2 is 1.79 bits per heavy atom. The van der Waals surface area contributed by atoms with Crippen LogP contribution in [0.25, 0.3) is 0 Å². The summed E-state index contributed by atoms with van der Waals surface area (Å²) in [4.78, 5) is 24.0. The van der Waals surface area contributed by atoms with Crippen LogP contribution in [0.5, 0.6) is 17.4 Å². The number of aromatic nitrogens is 2. The van der Waals surface area contributed by atoms with Crippen molar-refractivity contribution in [1.82, 2.24) is 15.3 Å². The van der Waals surface area contributed by atoms with Crippen LogP contribution in [-0.2, 0) is 4.79 Å². The highest BCUT2D eigenvalue weighted by atomic mass is 16.5. The molecule has 1 aromatic heterocycles. The monoisotopic (exact) mass is 446 g/mol. The maximum absolute atomic E-state index is 12.9. The zero-order valence-electron chi connectivity index (χ0n) is 19.3. The van der Waals surface area contributed by atoms with E-state index in [1.165, 1.54) is 0 Å². The van der Waals surface area contributed by atoms with Crippen LogP contribution in [0.3, 0.4) is 0 Å². The first-order chi connectivity index (χ1) is 16.0. The van der Waals surface area contributed by atoms with Crippen molar-refractivity contribution in [2.24, 2.45) is 5.92 Å². The molecule has 1 atom stereocenters. The van der Waals surface area contributed by atoms with Gasteiger partial charge in [0.15, 0.2) is 5.82 Å². The first kappa shape index (κ1) is 22.6. The van der Waals surface area contributed by atoms with Crippen LogP contribution < -0.4 is 19.7 Å². The molecule has 7 heteroatoms. The van der Waals surface area contributed by atoms with Gasteiger partial charge in [-0.25, -0.2) is 9.97 Å². The van der Waals surface area contributed by atoms with Crippen LogP contribution in [0.4, 0.5) is 5.82 Å². The van der Waals surface area contributed by atoms with Gasteiger partial charge >= 0.3 is 0 Å². The molecule has 1 fully saturated rings. The van der Waals surface area contributed by atoms with E-state index >= 15 is 0 Å². The SMILES string of the molecule is COc1ccc(C(C)NC(=O)C2CCN(c3nccnc3Oc3cccc(C)c3)CC2)cc1. The van der Waals surface area contributed by atoms with Crippen LogP contribution in [0.15, 0.2) is 60.9 Å². The minimum absolute atomic E-state index is 0.0280. The second-order valence-electron chi connectivity index (χ2n) is 8.37. The van der Waals surface area contributed by atoms with Gasteiger partial charge in [0.25, 0.3) is 5.88 Å². The highest BCUT2D eigenvalue weighted by molar-refractivity contribution is 5.79. The Labute approximate surface area is 194 Å². The van der Waals surface area contributed by atoms with Crippen molar-refractivity contribution in [1.29, 1.82) is 0 Å². The molecule has 3 aromatic rings. The fourth-order valence-corrected chi connectivity index (χ4v) is 4.06. The molecule has 0 bridgehead atoms. The van der Waals surface area contributed by atoms with Crippen LogP contribution >= 0.6 is 0 Å². The highest BCUT2D eigenvalue weighted by Gasteiger charge is 2.28. The molecule has 0 spiro atoms. The number of hydrogen-bond donors (Lipinski definition) is 1. The van der Waals surface area contributed by atoms with E-state index in [4.69, 9.17) is 9.47 Å². The molecule has 1 unspecified atom stereocenters. The number of nitrogens with one attached hydrogen (secondary N) is 1. The maximum atomic E-state index is 12.9. The zero-order chi connectivity index (χ0) is 23.2. The van der Waals surface area contributed by atoms with Gasteiger partial charge in [-0.15, -0.1) is 0 Å². The van der Waals surface area contributed by atoms with E-state index in [9.17, 15) is 4.79 Å². The average molecular weight is 447 g/mol. The molecule has 33 heavy (non-hydrogen) atoms. The lowest BCUT2D eigenvalue weighted by molar-refractivity contribution is -0.126. The second kappa shape index (κ2) is 10.3. The summed E-state index contributed by atoms with van der Waals surface area (Å²) in [6, 6.07) is 15.6. The number of ether oxygens (including phenoxy) is 2. The van der Waals surface area contributed by atoms with Gasteiger partial charge in [0, 0.05) is 31.4 Å². The lowest BCUT2D eigenvalue weighted by Crippen LogP contribution is -2.41. The Hall–Kier alpha value is -3.61. The van der Waals surface area contributed by atoms with Crippen LogP contribution in [0.2, 0.25) is 0 Å². The fourth-order valence-electron chi connectivity index (χ4n) is 4.06. The van der Waals surface area contributed by atoms with Crippen molar-refractivity contribution in [2.75, 3.05) is 25.1 Å². The molecular formula is C26H30N4O3. The molecule has 4 rings (SSSR count). The number of rotatable bonds is 7. The van der Waals surface area contributed by atoms with Gasteiger partial charge in [0.1, 0.15) is 11.5 Å². The maximum Gasteiger partial charge on any atom is 0.263 e. The Kier molecular flexibility index (Phi) is 7.07. The number of carbonyl (C=O) groups excluding carboxylic acids is 1. The van der Waals surface area contributed by atoms with Gasteiger partial charge < -0.3 is 19.7 Å². The number of aryl methyl sites for hydroxylation is 1. The summed E-state index contributed by atoms with van der Waals surface area (Å²) in [5.41, 5.74) is 2.17. The first-order valence-electron chi connectivity index (χ1n) is 11.3. The third-order valence-corrected chi connectivity index (χ3v) is 5.99. The summed E-state index contributed by atoms with van der Waals surface area (Å²) >= 11 is 0. The Bertz CT molecular complexity index is 1080. The lowest BCUT2D eigenvalue weighted by Gasteiger charge is -2.33. The van der Waals surface area contributed by atoms with Crippen LogP contribution in [0.1, 0.15) is 36.9 Å². The summed E-state index contributed by atoms with van der Waals surface area (Å²) in [5, 5.41) is 3.16. The first-order valence-corrected chi connectivity index (χ1v) is 11.3. The standard InChI is InChI=1S/C26H30N4O3/c1-18-5-4-6-23(17-18)33-26-24(27-13-14-28-26)30-15-11-21(12-16-30)25(31)29-19(2)20-7-9-22(32-3)10-8-20/h4-10,13-14,17,19,21H,11-12,15-16H2,1-3H3,(H,29,31). The molecule has 2 heterocycles. The van der Waals surface area contributed by atoms with E-state index in [2.05, 4.69) is 20.2 Å². The lowest BCUT2D eigenvalue weighted by atomic mass is 9.95. The molecule has 1 aliphatic heterocycles. The van der Waals surface area contributed by atoms with E-state index in [0.717, 1.165) is 48.6 Å². The minimum Gasteiger partial charge on any atom is -0.497 e. The molecule has 0 radical (unpaired) electrons. The molecule has 1 aliphatic rings. The number of amides is 1. The average Bonchev–Trinajstić information content (AvgIpc) is 2.84. The Balaban J connectivity index is 1.35. The summed E-state index contributed by atoms with van der Waals surface area (Å²) in [7, 11) is 1.64. The van der Waals surface area contributed by atoms with Gasteiger partial charge in [-0.3, -0.25) is 4.79 Å². The normalized spacial score (nSPS) is 15.1. The highest BCUT2D eigenvalue weighted by Crippen LogP contribution is 2.31. The predicted octanol–water partition coefficient (Wildman–Crippen LogP) is 4.68. The quantitative estimate of drug-likeness (QED) is 0.568. The number of piperidine rings is 1. The largest absolute Gasteiger partial charge is 0.497 e. The van der Waals surface area contributed by atoms with Gasteiger partial charge in [0.2, 0.25) is 5.91 Å². The van der Waals surface area contributed by atoms with Crippen molar-refractivity contribution in [3.05, 3.63) is 72.1 Å². The van der Waals surface area contributed by atoms with Crippen molar-refractivity contribution < 1.29 is 14.3 Å². The second-order valence-corrected chi connectivity index (χ2v) is 8.37.